The lowest BCUT2D eigenvalue weighted by Crippen LogP contribution is -2.42. The maximum atomic E-state index is 6.11. The molecule has 2 rings (SSSR count). The van der Waals surface area contributed by atoms with Crippen LogP contribution in [0.2, 0.25) is 0 Å². The monoisotopic (exact) mass is 255 g/mol. The van der Waals surface area contributed by atoms with Crippen LogP contribution in [0.15, 0.2) is 0 Å². The molecule has 1 aliphatic carbocycles. The van der Waals surface area contributed by atoms with Crippen LogP contribution in [0.5, 0.6) is 0 Å². The lowest BCUT2D eigenvalue weighted by atomic mass is 9.84. The van der Waals surface area contributed by atoms with Crippen molar-refractivity contribution >= 4 is 0 Å². The zero-order valence-electron chi connectivity index (χ0n) is 11.8. The summed E-state index contributed by atoms with van der Waals surface area (Å²) in [5.74, 6) is 0.832. The van der Waals surface area contributed by atoms with Crippen LogP contribution < -0.4 is 5.32 Å². The van der Waals surface area contributed by atoms with Gasteiger partial charge in [0.2, 0.25) is 0 Å². The summed E-state index contributed by atoms with van der Waals surface area (Å²) in [7, 11) is 0. The molecule has 106 valence electrons. The summed E-state index contributed by atoms with van der Waals surface area (Å²) in [4.78, 5) is 0. The van der Waals surface area contributed by atoms with Crippen LogP contribution in [0.3, 0.4) is 0 Å². The van der Waals surface area contributed by atoms with Crippen LogP contribution in [0.4, 0.5) is 0 Å². The molecule has 0 spiro atoms. The van der Waals surface area contributed by atoms with E-state index in [0.717, 1.165) is 45.1 Å². The highest BCUT2D eigenvalue weighted by molar-refractivity contribution is 4.79. The van der Waals surface area contributed by atoms with Crippen molar-refractivity contribution in [2.24, 2.45) is 5.92 Å². The van der Waals surface area contributed by atoms with Gasteiger partial charge in [0.05, 0.1) is 12.7 Å². The van der Waals surface area contributed by atoms with Crippen LogP contribution in [0, 0.1) is 5.92 Å². The van der Waals surface area contributed by atoms with Gasteiger partial charge in [-0.25, -0.2) is 0 Å². The van der Waals surface area contributed by atoms with Crippen molar-refractivity contribution in [3.05, 3.63) is 0 Å². The number of hydrogen-bond donors (Lipinski definition) is 1. The van der Waals surface area contributed by atoms with Crippen molar-refractivity contribution < 1.29 is 9.47 Å². The normalized spacial score (nSPS) is 25.2. The zero-order chi connectivity index (χ0) is 12.6. The Bertz CT molecular complexity index is 211. The molecule has 0 bridgehead atoms. The van der Waals surface area contributed by atoms with Gasteiger partial charge in [-0.05, 0) is 38.1 Å². The second kappa shape index (κ2) is 8.13. The van der Waals surface area contributed by atoms with Gasteiger partial charge >= 0.3 is 0 Å². The molecular formula is C15H29NO2. The molecule has 1 saturated carbocycles. The third-order valence-corrected chi connectivity index (χ3v) is 4.36. The van der Waals surface area contributed by atoms with Crippen molar-refractivity contribution in [1.29, 1.82) is 0 Å². The third kappa shape index (κ3) is 4.52. The largest absolute Gasteiger partial charge is 0.381 e. The van der Waals surface area contributed by atoms with E-state index in [2.05, 4.69) is 12.2 Å². The van der Waals surface area contributed by atoms with E-state index in [9.17, 15) is 0 Å². The van der Waals surface area contributed by atoms with Crippen LogP contribution in [-0.2, 0) is 9.47 Å². The third-order valence-electron chi connectivity index (χ3n) is 4.36. The Labute approximate surface area is 112 Å². The average molecular weight is 255 g/mol. The maximum Gasteiger partial charge on any atom is 0.0626 e. The molecule has 2 fully saturated rings. The molecule has 1 unspecified atom stereocenters. The molecule has 0 aromatic rings. The molecule has 0 aromatic carbocycles. The highest BCUT2D eigenvalue weighted by atomic mass is 16.5. The minimum absolute atomic E-state index is 0.434. The molecule has 2 aliphatic rings. The lowest BCUT2D eigenvalue weighted by molar-refractivity contribution is -0.0437. The average Bonchev–Trinajstić information content (AvgIpc) is 2.45. The predicted molar refractivity (Wildman–Crippen MR) is 73.8 cm³/mol. The van der Waals surface area contributed by atoms with E-state index in [4.69, 9.17) is 9.47 Å². The fourth-order valence-electron chi connectivity index (χ4n) is 3.24. The number of nitrogens with one attached hydrogen (secondary N) is 1. The van der Waals surface area contributed by atoms with Gasteiger partial charge in [0.1, 0.15) is 0 Å². The smallest absolute Gasteiger partial charge is 0.0626 e. The SMILES string of the molecule is CCNC(COC1CCOCC1)C1CCCCC1. The van der Waals surface area contributed by atoms with E-state index in [1.165, 1.54) is 32.1 Å². The summed E-state index contributed by atoms with van der Waals surface area (Å²) in [5, 5.41) is 3.64. The van der Waals surface area contributed by atoms with Crippen molar-refractivity contribution in [3.63, 3.8) is 0 Å². The first kappa shape index (κ1) is 14.3. The van der Waals surface area contributed by atoms with Gasteiger partial charge in [0.25, 0.3) is 0 Å². The highest BCUT2D eigenvalue weighted by Crippen LogP contribution is 2.27. The second-order valence-electron chi connectivity index (χ2n) is 5.71. The molecule has 18 heavy (non-hydrogen) atoms. The van der Waals surface area contributed by atoms with Crippen LogP contribution in [0.1, 0.15) is 51.9 Å². The molecule has 0 amide bonds. The summed E-state index contributed by atoms with van der Waals surface area (Å²) in [6.07, 6.45) is 9.59. The Morgan fingerprint density at radius 1 is 1.11 bits per heavy atom. The molecule has 1 aliphatic heterocycles. The van der Waals surface area contributed by atoms with Crippen molar-refractivity contribution in [3.8, 4) is 0 Å². The minimum Gasteiger partial charge on any atom is -0.381 e. The molecule has 1 heterocycles. The number of hydrogen-bond acceptors (Lipinski definition) is 3. The molecule has 1 N–H and O–H groups in total. The van der Waals surface area contributed by atoms with Gasteiger partial charge in [0, 0.05) is 19.3 Å². The quantitative estimate of drug-likeness (QED) is 0.791. The Morgan fingerprint density at radius 2 is 1.83 bits per heavy atom. The number of ether oxygens (including phenoxy) is 2. The summed E-state index contributed by atoms with van der Waals surface area (Å²) in [6, 6.07) is 0.568. The van der Waals surface area contributed by atoms with Crippen LogP contribution in [0.25, 0.3) is 0 Å². The summed E-state index contributed by atoms with van der Waals surface area (Å²) in [6.45, 7) is 5.89. The van der Waals surface area contributed by atoms with Gasteiger partial charge in [0.15, 0.2) is 0 Å². The van der Waals surface area contributed by atoms with Gasteiger partial charge in [-0.1, -0.05) is 26.2 Å². The molecule has 3 heteroatoms. The Balaban J connectivity index is 1.73. The predicted octanol–water partition coefficient (Wildman–Crippen LogP) is 2.74. The summed E-state index contributed by atoms with van der Waals surface area (Å²) < 4.78 is 11.5. The van der Waals surface area contributed by atoms with Crippen LogP contribution in [-0.4, -0.2) is 38.5 Å². The maximum absolute atomic E-state index is 6.11. The van der Waals surface area contributed by atoms with Crippen molar-refractivity contribution in [2.45, 2.75) is 64.0 Å². The summed E-state index contributed by atoms with van der Waals surface area (Å²) >= 11 is 0. The highest BCUT2D eigenvalue weighted by Gasteiger charge is 2.24. The second-order valence-corrected chi connectivity index (χ2v) is 5.71. The van der Waals surface area contributed by atoms with E-state index < -0.39 is 0 Å². The number of likely N-dealkylation sites (N-methyl/N-ethyl adjacent to an activating group) is 1. The molecule has 3 nitrogen and oxygen atoms in total. The molecule has 0 aromatic heterocycles. The fourth-order valence-corrected chi connectivity index (χ4v) is 3.24. The molecular weight excluding hydrogens is 226 g/mol. The molecule has 1 atom stereocenters. The molecule has 0 radical (unpaired) electrons. The number of rotatable bonds is 6. The first-order valence-corrected chi connectivity index (χ1v) is 7.83. The Morgan fingerprint density at radius 3 is 2.50 bits per heavy atom. The first-order valence-electron chi connectivity index (χ1n) is 7.83. The topological polar surface area (TPSA) is 30.5 Å². The van der Waals surface area contributed by atoms with Gasteiger partial charge in [-0.3, -0.25) is 0 Å². The van der Waals surface area contributed by atoms with E-state index in [-0.39, 0.29) is 0 Å². The summed E-state index contributed by atoms with van der Waals surface area (Å²) in [5.41, 5.74) is 0. The van der Waals surface area contributed by atoms with Gasteiger partial charge in [-0.15, -0.1) is 0 Å². The Hall–Kier alpha value is -0.120. The van der Waals surface area contributed by atoms with Crippen molar-refractivity contribution in [1.82, 2.24) is 5.32 Å². The molecule has 1 saturated heterocycles. The fraction of sp³-hybridized carbons (Fsp3) is 1.00. The van der Waals surface area contributed by atoms with Gasteiger partial charge in [-0.2, -0.15) is 0 Å². The van der Waals surface area contributed by atoms with Crippen LogP contribution >= 0.6 is 0 Å². The Kier molecular flexibility index (Phi) is 6.46. The van der Waals surface area contributed by atoms with E-state index >= 15 is 0 Å². The van der Waals surface area contributed by atoms with E-state index in [1.54, 1.807) is 0 Å². The van der Waals surface area contributed by atoms with E-state index in [0.29, 0.717) is 12.1 Å². The minimum atomic E-state index is 0.434. The van der Waals surface area contributed by atoms with Crippen molar-refractivity contribution in [2.75, 3.05) is 26.4 Å². The zero-order valence-corrected chi connectivity index (χ0v) is 11.8. The van der Waals surface area contributed by atoms with E-state index in [1.807, 2.05) is 0 Å². The lowest BCUT2D eigenvalue weighted by Gasteiger charge is -2.32. The first-order chi connectivity index (χ1) is 8.90. The standard InChI is InChI=1S/C15H29NO2/c1-2-16-15(13-6-4-3-5-7-13)12-18-14-8-10-17-11-9-14/h13-16H,2-12H2,1H3. The van der Waals surface area contributed by atoms with Gasteiger partial charge < -0.3 is 14.8 Å².